The number of carbonyl (C=O) groups excluding carboxylic acids is 1. The number of aliphatic hydroxyl groups excluding tert-OH is 1. The van der Waals surface area contributed by atoms with Gasteiger partial charge < -0.3 is 10.2 Å². The van der Waals surface area contributed by atoms with Crippen LogP contribution in [0, 0.1) is 0 Å². The van der Waals surface area contributed by atoms with Crippen LogP contribution < -0.4 is 10.4 Å². The van der Waals surface area contributed by atoms with Gasteiger partial charge in [-0.1, -0.05) is 42.5 Å². The molecule has 0 aromatic heterocycles. The molecule has 2 aliphatic rings. The molecule has 2 atom stereocenters. The van der Waals surface area contributed by atoms with Crippen molar-refractivity contribution in [2.45, 2.75) is 17.8 Å². The Hall–Kier alpha value is -3.90. The molecule has 0 bridgehead atoms. The normalized spacial score (nSPS) is 22.7. The van der Waals surface area contributed by atoms with Crippen molar-refractivity contribution >= 4 is 46.3 Å². The molecule has 1 aliphatic carbocycles. The van der Waals surface area contributed by atoms with Gasteiger partial charge in [-0.25, -0.2) is 4.79 Å². The van der Waals surface area contributed by atoms with E-state index in [1.165, 1.54) is 23.9 Å². The maximum absolute atomic E-state index is 13.2. The molecule has 2 aromatic carbocycles. The average molecular weight is 531 g/mol. The number of hydrogen-bond donors (Lipinski definition) is 3. The molecular formula is C25H21F3N4O4S. The Bertz CT molecular complexity index is 1320. The van der Waals surface area contributed by atoms with Crippen molar-refractivity contribution in [2.24, 2.45) is 10.2 Å². The first-order valence-corrected chi connectivity index (χ1v) is 12.3. The summed E-state index contributed by atoms with van der Waals surface area (Å²) in [6.45, 7) is 0. The number of halogens is 3. The fourth-order valence-corrected chi connectivity index (χ4v) is 4.32. The highest BCUT2D eigenvalue weighted by molar-refractivity contribution is 7.99. The van der Waals surface area contributed by atoms with Gasteiger partial charge in [0.1, 0.15) is 11.8 Å². The first-order chi connectivity index (χ1) is 17.6. The number of hydrogen-bond acceptors (Lipinski definition) is 7. The molecule has 4 rings (SSSR count). The van der Waals surface area contributed by atoms with E-state index in [-0.39, 0.29) is 22.9 Å². The summed E-state index contributed by atoms with van der Waals surface area (Å²) in [4.78, 5) is 25.5. The smallest absolute Gasteiger partial charge is 0.416 e. The van der Waals surface area contributed by atoms with Crippen LogP contribution in [0.15, 0.2) is 83.0 Å². The van der Waals surface area contributed by atoms with Crippen LogP contribution in [0.25, 0.3) is 5.57 Å². The molecule has 2 unspecified atom stereocenters. The standard InChI is InChI=1S/C25H21F3N4O4S/c1-37-14-19-20(22(34)32(30-19)17-11-9-16(10-12-17)25(26,27)28)29-31-24(23(35)36)13-5-8-18(21(24)33)15-6-3-2-4-7-15/h2-13,21,31,33H,14H2,1H3,(H,35,36)/b29-20-. The number of amides is 1. The minimum absolute atomic E-state index is 0.0849. The zero-order valence-corrected chi connectivity index (χ0v) is 20.1. The lowest BCUT2D eigenvalue weighted by Gasteiger charge is -2.34. The monoisotopic (exact) mass is 530 g/mol. The number of aliphatic carboxylic acids is 1. The highest BCUT2D eigenvalue weighted by Crippen LogP contribution is 2.33. The number of anilines is 1. The predicted octanol–water partition coefficient (Wildman–Crippen LogP) is 3.55. The summed E-state index contributed by atoms with van der Waals surface area (Å²) >= 11 is 1.32. The maximum Gasteiger partial charge on any atom is 0.416 e. The largest absolute Gasteiger partial charge is 0.479 e. The summed E-state index contributed by atoms with van der Waals surface area (Å²) in [5, 5.41) is 30.3. The van der Waals surface area contributed by atoms with Crippen molar-refractivity contribution in [1.29, 1.82) is 0 Å². The van der Waals surface area contributed by atoms with Crippen LogP contribution in [0.4, 0.5) is 18.9 Å². The lowest BCUT2D eigenvalue weighted by Crippen LogP contribution is -2.58. The number of allylic oxidation sites excluding steroid dienone is 2. The van der Waals surface area contributed by atoms with Crippen LogP contribution in [-0.4, -0.2) is 57.2 Å². The second-order valence-corrected chi connectivity index (χ2v) is 9.00. The number of carboxylic acids is 1. The first-order valence-electron chi connectivity index (χ1n) is 10.9. The van der Waals surface area contributed by atoms with E-state index in [2.05, 4.69) is 15.6 Å². The van der Waals surface area contributed by atoms with Crippen molar-refractivity contribution in [1.82, 2.24) is 5.43 Å². The van der Waals surface area contributed by atoms with Crippen LogP contribution in [0.5, 0.6) is 0 Å². The third-order valence-corrected chi connectivity index (χ3v) is 6.35. The zero-order chi connectivity index (χ0) is 26.8. The van der Waals surface area contributed by atoms with Crippen LogP contribution in [-0.2, 0) is 15.8 Å². The Morgan fingerprint density at radius 1 is 1.19 bits per heavy atom. The molecule has 37 heavy (non-hydrogen) atoms. The van der Waals surface area contributed by atoms with Crippen LogP contribution in [0.1, 0.15) is 11.1 Å². The molecule has 0 spiro atoms. The van der Waals surface area contributed by atoms with Crippen molar-refractivity contribution in [2.75, 3.05) is 17.0 Å². The summed E-state index contributed by atoms with van der Waals surface area (Å²) in [5.41, 5.74) is 0.495. The van der Waals surface area contributed by atoms with Crippen molar-refractivity contribution < 1.29 is 33.0 Å². The fraction of sp³-hybridized carbons (Fsp3) is 0.200. The molecular weight excluding hydrogens is 509 g/mol. The van der Waals surface area contributed by atoms with Gasteiger partial charge in [-0.15, -0.1) is 0 Å². The van der Waals surface area contributed by atoms with Gasteiger partial charge in [0.2, 0.25) is 0 Å². The van der Waals surface area contributed by atoms with Gasteiger partial charge in [-0.2, -0.15) is 40.1 Å². The third-order valence-electron chi connectivity index (χ3n) is 5.78. The molecule has 1 aliphatic heterocycles. The minimum atomic E-state index is -4.54. The number of alkyl halides is 3. The minimum Gasteiger partial charge on any atom is -0.479 e. The van der Waals surface area contributed by atoms with Crippen molar-refractivity contribution in [3.05, 3.63) is 84.0 Å². The number of carboxylic acid groups (broad SMARTS) is 1. The lowest BCUT2D eigenvalue weighted by molar-refractivity contribution is -0.145. The third kappa shape index (κ3) is 5.02. The Labute approximate surface area is 213 Å². The summed E-state index contributed by atoms with van der Waals surface area (Å²) in [5.74, 6) is -1.97. The quantitative estimate of drug-likeness (QED) is 0.472. The molecule has 0 saturated carbocycles. The van der Waals surface area contributed by atoms with E-state index in [1.807, 2.05) is 0 Å². The molecule has 12 heteroatoms. The second-order valence-electron chi connectivity index (χ2n) is 8.14. The molecule has 0 radical (unpaired) electrons. The number of rotatable bonds is 7. The Morgan fingerprint density at radius 2 is 1.86 bits per heavy atom. The van der Waals surface area contributed by atoms with Gasteiger partial charge in [-0.05, 0) is 47.7 Å². The van der Waals surface area contributed by atoms with Gasteiger partial charge in [0.05, 0.1) is 11.3 Å². The molecule has 8 nitrogen and oxygen atoms in total. The summed E-state index contributed by atoms with van der Waals surface area (Å²) in [7, 11) is 0. The van der Waals surface area contributed by atoms with Gasteiger partial charge in [-0.3, -0.25) is 10.2 Å². The molecule has 0 saturated heterocycles. The van der Waals surface area contributed by atoms with E-state index in [4.69, 9.17) is 0 Å². The van der Waals surface area contributed by atoms with E-state index in [0.29, 0.717) is 11.1 Å². The number of hydrazone groups is 2. The van der Waals surface area contributed by atoms with Crippen molar-refractivity contribution in [3.63, 3.8) is 0 Å². The average Bonchev–Trinajstić information content (AvgIpc) is 3.18. The van der Waals surface area contributed by atoms with Crippen LogP contribution in [0.3, 0.4) is 0 Å². The first kappa shape index (κ1) is 26.2. The number of benzene rings is 2. The number of aliphatic hydroxyl groups is 1. The highest BCUT2D eigenvalue weighted by atomic mass is 32.2. The van der Waals surface area contributed by atoms with E-state index in [0.717, 1.165) is 29.3 Å². The van der Waals surface area contributed by atoms with E-state index < -0.39 is 35.3 Å². The van der Waals surface area contributed by atoms with Gasteiger partial charge in [0, 0.05) is 5.75 Å². The molecule has 1 amide bonds. The Balaban J connectivity index is 1.65. The number of thioether (sulfide) groups is 1. The summed E-state index contributed by atoms with van der Waals surface area (Å²) < 4.78 is 38.8. The predicted molar refractivity (Wildman–Crippen MR) is 135 cm³/mol. The molecule has 3 N–H and O–H groups in total. The number of nitrogens with zero attached hydrogens (tertiary/aromatic N) is 3. The SMILES string of the molecule is CSCC1=NN(c2ccc(C(F)(F)F)cc2)C(=O)/C1=N\NC1(C(=O)O)C=CC=C(c2ccccc2)C1O. The summed E-state index contributed by atoms with van der Waals surface area (Å²) in [6.07, 6.45) is -0.0617. The number of nitrogens with one attached hydrogen (secondary N) is 1. The fourth-order valence-electron chi connectivity index (χ4n) is 3.85. The van der Waals surface area contributed by atoms with Crippen LogP contribution in [0.2, 0.25) is 0 Å². The van der Waals surface area contributed by atoms with E-state index >= 15 is 0 Å². The lowest BCUT2D eigenvalue weighted by atomic mass is 9.81. The molecule has 2 aromatic rings. The van der Waals surface area contributed by atoms with E-state index in [1.54, 1.807) is 42.7 Å². The Kier molecular flexibility index (Phi) is 7.23. The van der Waals surface area contributed by atoms with Gasteiger partial charge in [0.15, 0.2) is 11.3 Å². The van der Waals surface area contributed by atoms with Gasteiger partial charge >= 0.3 is 18.1 Å². The van der Waals surface area contributed by atoms with Crippen LogP contribution >= 0.6 is 11.8 Å². The van der Waals surface area contributed by atoms with Crippen molar-refractivity contribution in [3.8, 4) is 0 Å². The molecule has 0 fully saturated rings. The van der Waals surface area contributed by atoms with E-state index in [9.17, 15) is 33.0 Å². The molecule has 192 valence electrons. The Morgan fingerprint density at radius 3 is 2.46 bits per heavy atom. The summed E-state index contributed by atoms with van der Waals surface area (Å²) in [6, 6.07) is 12.6. The van der Waals surface area contributed by atoms with Gasteiger partial charge in [0.25, 0.3) is 0 Å². The maximum atomic E-state index is 13.2. The second kappa shape index (κ2) is 10.2. The zero-order valence-electron chi connectivity index (χ0n) is 19.3. The topological polar surface area (TPSA) is 115 Å². The molecule has 1 heterocycles. The number of carbonyl (C=O) groups is 2. The highest BCUT2D eigenvalue weighted by Gasteiger charge is 2.47.